The smallest absolute Gasteiger partial charge is 0.172 e. The summed E-state index contributed by atoms with van der Waals surface area (Å²) >= 11 is 3.45. The summed E-state index contributed by atoms with van der Waals surface area (Å²) in [6.07, 6.45) is 3.14. The van der Waals surface area contributed by atoms with E-state index in [0.29, 0.717) is 11.5 Å². The van der Waals surface area contributed by atoms with Crippen LogP contribution in [0.2, 0.25) is 0 Å². The summed E-state index contributed by atoms with van der Waals surface area (Å²) in [6.45, 7) is 3.77. The normalized spacial score (nSPS) is 10.8. The van der Waals surface area contributed by atoms with E-state index < -0.39 is 0 Å². The molecule has 2 aromatic rings. The highest BCUT2D eigenvalue weighted by molar-refractivity contribution is 9.10. The van der Waals surface area contributed by atoms with Crippen molar-refractivity contribution in [3.63, 3.8) is 0 Å². The van der Waals surface area contributed by atoms with Crippen molar-refractivity contribution >= 4 is 15.9 Å². The zero-order valence-electron chi connectivity index (χ0n) is 8.98. The number of nitrogens with zero attached hydrogens (tertiary/aromatic N) is 4. The van der Waals surface area contributed by atoms with Crippen LogP contribution in [0.3, 0.4) is 0 Å². The van der Waals surface area contributed by atoms with Crippen LogP contribution in [-0.2, 0) is 6.61 Å². The van der Waals surface area contributed by atoms with Gasteiger partial charge >= 0.3 is 0 Å². The Hall–Kier alpha value is -1.27. The topological polar surface area (TPSA) is 63.8 Å². The molecule has 16 heavy (non-hydrogen) atoms. The number of hydrogen-bond acceptors (Lipinski definition) is 4. The molecule has 0 aliphatic carbocycles. The Morgan fingerprint density at radius 2 is 2.06 bits per heavy atom. The number of rotatable bonds is 2. The van der Waals surface area contributed by atoms with Crippen molar-refractivity contribution in [2.45, 2.75) is 20.5 Å². The number of aliphatic hydroxyl groups is 1. The first-order valence-electron chi connectivity index (χ1n) is 4.77. The Balaban J connectivity index is 2.46. The van der Waals surface area contributed by atoms with Crippen molar-refractivity contribution in [2.75, 3.05) is 0 Å². The second kappa shape index (κ2) is 4.31. The van der Waals surface area contributed by atoms with Crippen LogP contribution < -0.4 is 0 Å². The molecule has 0 fully saturated rings. The van der Waals surface area contributed by atoms with Gasteiger partial charge in [-0.2, -0.15) is 5.10 Å². The van der Waals surface area contributed by atoms with Gasteiger partial charge < -0.3 is 5.11 Å². The lowest BCUT2D eigenvalue weighted by Crippen LogP contribution is -2.03. The average Bonchev–Trinajstić information content (AvgIpc) is 2.57. The number of aryl methyl sites for hydroxylation is 1. The highest BCUT2D eigenvalue weighted by Gasteiger charge is 2.11. The third-order valence-corrected chi connectivity index (χ3v) is 3.42. The summed E-state index contributed by atoms with van der Waals surface area (Å²) in [5, 5.41) is 13.2. The molecule has 0 bridgehead atoms. The van der Waals surface area contributed by atoms with Crippen LogP contribution in [0.15, 0.2) is 16.9 Å². The van der Waals surface area contributed by atoms with Gasteiger partial charge in [0.2, 0.25) is 0 Å². The quantitative estimate of drug-likeness (QED) is 0.908. The van der Waals surface area contributed by atoms with E-state index in [9.17, 15) is 0 Å². The lowest BCUT2D eigenvalue weighted by molar-refractivity contribution is 0.276. The van der Waals surface area contributed by atoms with Gasteiger partial charge in [0, 0.05) is 0 Å². The van der Waals surface area contributed by atoms with Crippen LogP contribution in [0.4, 0.5) is 0 Å². The summed E-state index contributed by atoms with van der Waals surface area (Å²) in [4.78, 5) is 8.26. The molecule has 0 aromatic carbocycles. The zero-order valence-corrected chi connectivity index (χ0v) is 10.6. The molecule has 0 saturated carbocycles. The predicted octanol–water partition coefficient (Wildman–Crippen LogP) is 1.53. The van der Waals surface area contributed by atoms with Crippen molar-refractivity contribution in [3.8, 4) is 5.82 Å². The van der Waals surface area contributed by atoms with E-state index >= 15 is 0 Å². The van der Waals surface area contributed by atoms with Crippen LogP contribution in [0, 0.1) is 13.8 Å². The third-order valence-electron chi connectivity index (χ3n) is 2.27. The van der Waals surface area contributed by atoms with E-state index in [1.807, 2.05) is 13.8 Å². The van der Waals surface area contributed by atoms with E-state index in [1.165, 1.54) is 0 Å². The van der Waals surface area contributed by atoms with E-state index in [1.54, 1.807) is 17.1 Å². The molecule has 2 rings (SSSR count). The molecule has 1 N–H and O–H groups in total. The molecule has 0 unspecified atom stereocenters. The molecule has 6 heteroatoms. The number of aromatic nitrogens is 4. The highest BCUT2D eigenvalue weighted by Crippen LogP contribution is 2.21. The maximum atomic E-state index is 8.87. The molecule has 0 atom stereocenters. The molecule has 84 valence electrons. The average molecular weight is 283 g/mol. The predicted molar refractivity (Wildman–Crippen MR) is 62.3 cm³/mol. The number of hydrogen-bond donors (Lipinski definition) is 1. The summed E-state index contributed by atoms with van der Waals surface area (Å²) in [5.74, 6) is 0.642. The first-order chi connectivity index (χ1) is 7.63. The molecule has 0 aliphatic rings. The third kappa shape index (κ3) is 1.85. The fraction of sp³-hybridized carbons (Fsp3) is 0.300. The molecular formula is C10H11BrN4O. The zero-order chi connectivity index (χ0) is 11.7. The first kappa shape index (κ1) is 11.2. The molecule has 2 heterocycles. The van der Waals surface area contributed by atoms with Crippen LogP contribution in [0.1, 0.15) is 17.1 Å². The lowest BCUT2D eigenvalue weighted by Gasteiger charge is -2.03. The molecule has 5 nitrogen and oxygen atoms in total. The Kier molecular flexibility index (Phi) is 3.02. The lowest BCUT2D eigenvalue weighted by atomic mass is 10.4. The van der Waals surface area contributed by atoms with E-state index in [4.69, 9.17) is 5.11 Å². The van der Waals surface area contributed by atoms with Gasteiger partial charge in [0.05, 0.1) is 40.6 Å². The van der Waals surface area contributed by atoms with Gasteiger partial charge in [0.15, 0.2) is 5.82 Å². The molecule has 0 saturated heterocycles. The second-order valence-corrected chi connectivity index (χ2v) is 4.21. The van der Waals surface area contributed by atoms with Gasteiger partial charge in [-0.05, 0) is 29.8 Å². The molecule has 0 aliphatic heterocycles. The summed E-state index contributed by atoms with van der Waals surface area (Å²) < 4.78 is 2.69. The largest absolute Gasteiger partial charge is 0.390 e. The second-order valence-electron chi connectivity index (χ2n) is 3.42. The maximum Gasteiger partial charge on any atom is 0.172 e. The fourth-order valence-electron chi connectivity index (χ4n) is 1.39. The summed E-state index contributed by atoms with van der Waals surface area (Å²) in [7, 11) is 0. The van der Waals surface area contributed by atoms with Crippen LogP contribution in [-0.4, -0.2) is 24.9 Å². The van der Waals surface area contributed by atoms with Crippen molar-refractivity contribution in [2.24, 2.45) is 0 Å². The van der Waals surface area contributed by atoms with Crippen molar-refractivity contribution in [3.05, 3.63) is 33.9 Å². The Bertz CT molecular complexity index is 506. The SMILES string of the molecule is Cc1nn(-c2cnc(CO)cn2)c(C)c1Br. The van der Waals surface area contributed by atoms with Gasteiger partial charge in [-0.1, -0.05) is 0 Å². The van der Waals surface area contributed by atoms with Crippen LogP contribution >= 0.6 is 15.9 Å². The summed E-state index contributed by atoms with van der Waals surface area (Å²) in [5.41, 5.74) is 2.43. The minimum Gasteiger partial charge on any atom is -0.390 e. The molecular weight excluding hydrogens is 272 g/mol. The molecule has 2 aromatic heterocycles. The van der Waals surface area contributed by atoms with Crippen LogP contribution in [0.25, 0.3) is 5.82 Å². The minimum absolute atomic E-state index is 0.103. The number of halogens is 1. The highest BCUT2D eigenvalue weighted by atomic mass is 79.9. The summed E-state index contributed by atoms with van der Waals surface area (Å²) in [6, 6.07) is 0. The Morgan fingerprint density at radius 3 is 2.50 bits per heavy atom. The van der Waals surface area contributed by atoms with E-state index in [2.05, 4.69) is 31.0 Å². The fourth-order valence-corrected chi connectivity index (χ4v) is 1.63. The monoisotopic (exact) mass is 282 g/mol. The minimum atomic E-state index is -0.103. The van der Waals surface area contributed by atoms with Gasteiger partial charge in [-0.15, -0.1) is 0 Å². The first-order valence-corrected chi connectivity index (χ1v) is 5.56. The van der Waals surface area contributed by atoms with E-state index in [-0.39, 0.29) is 6.61 Å². The van der Waals surface area contributed by atoms with E-state index in [0.717, 1.165) is 15.9 Å². The van der Waals surface area contributed by atoms with Gasteiger partial charge in [-0.3, -0.25) is 4.98 Å². The maximum absolute atomic E-state index is 8.87. The molecule has 0 radical (unpaired) electrons. The Labute approximate surface area is 101 Å². The standard InChI is InChI=1S/C10H11BrN4O/c1-6-10(11)7(2)15(14-6)9-4-12-8(5-16)3-13-9/h3-4,16H,5H2,1-2H3. The van der Waals surface area contributed by atoms with Crippen molar-refractivity contribution < 1.29 is 5.11 Å². The number of aliphatic hydroxyl groups excluding tert-OH is 1. The van der Waals surface area contributed by atoms with Crippen molar-refractivity contribution in [1.29, 1.82) is 0 Å². The van der Waals surface area contributed by atoms with Gasteiger partial charge in [0.1, 0.15) is 0 Å². The Morgan fingerprint density at radius 1 is 1.31 bits per heavy atom. The van der Waals surface area contributed by atoms with Gasteiger partial charge in [0.25, 0.3) is 0 Å². The molecule has 0 spiro atoms. The van der Waals surface area contributed by atoms with Gasteiger partial charge in [-0.25, -0.2) is 9.67 Å². The molecule has 0 amide bonds. The van der Waals surface area contributed by atoms with Crippen molar-refractivity contribution in [1.82, 2.24) is 19.7 Å². The van der Waals surface area contributed by atoms with Crippen LogP contribution in [0.5, 0.6) is 0 Å².